The van der Waals surface area contributed by atoms with Crippen molar-refractivity contribution in [3.63, 3.8) is 0 Å². The molecule has 0 N–H and O–H groups in total. The third-order valence-electron chi connectivity index (χ3n) is 5.94. The average Bonchev–Trinajstić information content (AvgIpc) is 2.91. The van der Waals surface area contributed by atoms with Gasteiger partial charge in [-0.25, -0.2) is 0 Å². The Hall–Kier alpha value is -4.63. The number of nitriles is 1. The minimum absolute atomic E-state index is 0.223. The lowest BCUT2D eigenvalue weighted by atomic mass is 9.97. The van der Waals surface area contributed by atoms with E-state index in [2.05, 4.69) is 6.07 Å². The van der Waals surface area contributed by atoms with Crippen molar-refractivity contribution in [2.24, 2.45) is 0 Å². The van der Waals surface area contributed by atoms with Crippen molar-refractivity contribution in [1.29, 1.82) is 5.26 Å². The zero-order valence-electron chi connectivity index (χ0n) is 23.3. The molecule has 1 heterocycles. The fraction of sp³-hybridized carbons (Fsp3) is 0.414. The lowest BCUT2D eigenvalue weighted by Gasteiger charge is -2.44. The zero-order chi connectivity index (χ0) is 30.1. The van der Waals surface area contributed by atoms with Crippen LogP contribution in [0.2, 0.25) is 0 Å². The summed E-state index contributed by atoms with van der Waals surface area (Å²) in [5.41, 5.74) is 1.84. The third kappa shape index (κ3) is 8.68. The summed E-state index contributed by atoms with van der Waals surface area (Å²) in [5.74, 6) is -1.99. The van der Waals surface area contributed by atoms with Crippen LogP contribution in [0.15, 0.2) is 42.5 Å². The Labute approximate surface area is 237 Å². The molecule has 1 aliphatic heterocycles. The molecule has 5 atom stereocenters. The second kappa shape index (κ2) is 14.1. The number of nitrogens with zero attached hydrogens (tertiary/aromatic N) is 1. The van der Waals surface area contributed by atoms with Crippen molar-refractivity contribution in [2.75, 3.05) is 13.7 Å². The molecule has 2 aromatic rings. The third-order valence-corrected chi connectivity index (χ3v) is 5.94. The summed E-state index contributed by atoms with van der Waals surface area (Å²) < 4.78 is 38.9. The Balaban J connectivity index is 2.04. The molecule has 0 saturated carbocycles. The first-order valence-corrected chi connectivity index (χ1v) is 12.6. The van der Waals surface area contributed by atoms with E-state index in [0.29, 0.717) is 17.7 Å². The Kier molecular flexibility index (Phi) is 10.7. The van der Waals surface area contributed by atoms with Crippen molar-refractivity contribution < 1.29 is 52.3 Å². The largest absolute Gasteiger partial charge is 0.497 e. The van der Waals surface area contributed by atoms with Crippen LogP contribution in [0.4, 0.5) is 0 Å². The van der Waals surface area contributed by atoms with Gasteiger partial charge in [0.25, 0.3) is 0 Å². The fourth-order valence-corrected chi connectivity index (χ4v) is 4.25. The first kappa shape index (κ1) is 30.9. The molecule has 12 heteroatoms. The number of benzene rings is 2. The van der Waals surface area contributed by atoms with Gasteiger partial charge in [0.1, 0.15) is 24.2 Å². The first-order valence-electron chi connectivity index (χ1n) is 12.6. The molecule has 0 bridgehead atoms. The SMILES string of the molecule is COc1ccc(Cc2ccc(C#N)cc2OC2O[C@H](COC(C)=O)[C@@H](OC(C)=O)[C@H](OC(C)=O)[C@H]2OC(C)=O)cc1. The smallest absolute Gasteiger partial charge is 0.303 e. The predicted octanol–water partition coefficient (Wildman–Crippen LogP) is 2.62. The highest BCUT2D eigenvalue weighted by atomic mass is 16.7. The van der Waals surface area contributed by atoms with Crippen LogP contribution in [-0.2, 0) is 49.3 Å². The van der Waals surface area contributed by atoms with Crippen LogP contribution < -0.4 is 9.47 Å². The Bertz CT molecular complexity index is 1300. The van der Waals surface area contributed by atoms with E-state index >= 15 is 0 Å². The van der Waals surface area contributed by atoms with E-state index in [1.807, 2.05) is 12.1 Å². The standard InChI is InChI=1S/C29H31NO11/c1-16(31)36-15-25-26(37-17(2)32)27(38-18(3)33)28(39-19(4)34)29(41-25)40-24-13-21(14-30)6-9-22(24)12-20-7-10-23(35-5)11-8-20/h6-11,13,25-29H,12,15H2,1-5H3/t25-,26-,27+,28-,29?/m1/s1. The number of carbonyl (C=O) groups excluding carboxylic acids is 4. The minimum Gasteiger partial charge on any atom is -0.497 e. The van der Waals surface area contributed by atoms with E-state index in [0.717, 1.165) is 26.3 Å². The highest BCUT2D eigenvalue weighted by Crippen LogP contribution is 2.33. The van der Waals surface area contributed by atoms with Crippen LogP contribution in [-0.4, -0.2) is 68.3 Å². The van der Waals surface area contributed by atoms with Gasteiger partial charge in [0.05, 0.1) is 18.7 Å². The Morgan fingerprint density at radius 2 is 1.44 bits per heavy atom. The monoisotopic (exact) mass is 569 g/mol. The summed E-state index contributed by atoms with van der Waals surface area (Å²) in [6, 6.07) is 14.2. The molecule has 1 unspecified atom stereocenters. The normalized spacial score (nSPS) is 21.5. The minimum atomic E-state index is -1.43. The molecule has 0 spiro atoms. The Morgan fingerprint density at radius 1 is 0.829 bits per heavy atom. The number of rotatable bonds is 10. The molecular weight excluding hydrogens is 538 g/mol. The number of carbonyl (C=O) groups is 4. The van der Waals surface area contributed by atoms with Crippen molar-refractivity contribution in [3.8, 4) is 17.6 Å². The molecule has 0 amide bonds. The molecule has 1 fully saturated rings. The number of hydrogen-bond donors (Lipinski definition) is 0. The van der Waals surface area contributed by atoms with E-state index < -0.39 is 61.2 Å². The molecule has 0 aliphatic carbocycles. The molecule has 0 aromatic heterocycles. The van der Waals surface area contributed by atoms with Crippen LogP contribution >= 0.6 is 0 Å². The van der Waals surface area contributed by atoms with Gasteiger partial charge in [0.2, 0.25) is 12.4 Å². The van der Waals surface area contributed by atoms with Gasteiger partial charge in [-0.2, -0.15) is 5.26 Å². The van der Waals surface area contributed by atoms with Crippen molar-refractivity contribution in [3.05, 3.63) is 59.2 Å². The van der Waals surface area contributed by atoms with Crippen molar-refractivity contribution in [1.82, 2.24) is 0 Å². The number of hydrogen-bond acceptors (Lipinski definition) is 12. The molecule has 0 radical (unpaired) electrons. The topological polar surface area (TPSA) is 157 Å². The molecule has 41 heavy (non-hydrogen) atoms. The molecule has 12 nitrogen and oxygen atoms in total. The number of ether oxygens (including phenoxy) is 7. The lowest BCUT2D eigenvalue weighted by Crippen LogP contribution is -2.63. The van der Waals surface area contributed by atoms with Gasteiger partial charge in [0, 0.05) is 34.1 Å². The molecule has 1 saturated heterocycles. The maximum Gasteiger partial charge on any atom is 0.303 e. The first-order chi connectivity index (χ1) is 19.5. The van der Waals surface area contributed by atoms with Gasteiger partial charge in [-0.3, -0.25) is 19.2 Å². The second-order valence-electron chi connectivity index (χ2n) is 9.14. The molecular formula is C29H31NO11. The summed E-state index contributed by atoms with van der Waals surface area (Å²) >= 11 is 0. The summed E-state index contributed by atoms with van der Waals surface area (Å²) in [6.45, 7) is 4.19. The van der Waals surface area contributed by atoms with Crippen molar-refractivity contribution >= 4 is 23.9 Å². The van der Waals surface area contributed by atoms with E-state index in [4.69, 9.17) is 33.2 Å². The number of methoxy groups -OCH3 is 1. The highest BCUT2D eigenvalue weighted by Gasteiger charge is 2.53. The Morgan fingerprint density at radius 3 is 2.00 bits per heavy atom. The predicted molar refractivity (Wildman–Crippen MR) is 140 cm³/mol. The van der Waals surface area contributed by atoms with Crippen LogP contribution in [0.25, 0.3) is 0 Å². The average molecular weight is 570 g/mol. The summed E-state index contributed by atoms with van der Waals surface area (Å²) in [4.78, 5) is 47.7. The van der Waals surface area contributed by atoms with Gasteiger partial charge in [-0.15, -0.1) is 0 Å². The lowest BCUT2D eigenvalue weighted by molar-refractivity contribution is -0.288. The van der Waals surface area contributed by atoms with Crippen LogP contribution in [0.3, 0.4) is 0 Å². The van der Waals surface area contributed by atoms with E-state index in [1.165, 1.54) is 13.0 Å². The quantitative estimate of drug-likeness (QED) is 0.305. The summed E-state index contributed by atoms with van der Waals surface area (Å²) in [7, 11) is 1.56. The van der Waals surface area contributed by atoms with Crippen LogP contribution in [0.1, 0.15) is 44.4 Å². The van der Waals surface area contributed by atoms with Crippen molar-refractivity contribution in [2.45, 2.75) is 64.8 Å². The van der Waals surface area contributed by atoms with Gasteiger partial charge < -0.3 is 33.2 Å². The summed E-state index contributed by atoms with van der Waals surface area (Å²) in [5, 5.41) is 9.53. The van der Waals surface area contributed by atoms with Gasteiger partial charge in [-0.1, -0.05) is 18.2 Å². The van der Waals surface area contributed by atoms with Crippen LogP contribution in [0, 0.1) is 11.3 Å². The van der Waals surface area contributed by atoms with E-state index in [-0.39, 0.29) is 11.3 Å². The molecule has 218 valence electrons. The zero-order valence-corrected chi connectivity index (χ0v) is 23.3. The second-order valence-corrected chi connectivity index (χ2v) is 9.14. The maximum atomic E-state index is 12.1. The molecule has 2 aromatic carbocycles. The highest BCUT2D eigenvalue weighted by molar-refractivity contribution is 5.68. The van der Waals surface area contributed by atoms with E-state index in [9.17, 15) is 24.4 Å². The van der Waals surface area contributed by atoms with Gasteiger partial charge in [-0.05, 0) is 35.4 Å². The molecule has 1 aliphatic rings. The van der Waals surface area contributed by atoms with Crippen LogP contribution in [0.5, 0.6) is 11.5 Å². The summed E-state index contributed by atoms with van der Waals surface area (Å²) in [6.07, 6.45) is -6.33. The van der Waals surface area contributed by atoms with Gasteiger partial charge >= 0.3 is 23.9 Å². The number of esters is 4. The van der Waals surface area contributed by atoms with Gasteiger partial charge in [0.15, 0.2) is 12.2 Å². The molecule has 3 rings (SSSR count). The fourth-order valence-electron chi connectivity index (χ4n) is 4.25. The maximum absolute atomic E-state index is 12.1. The van der Waals surface area contributed by atoms with E-state index in [1.54, 1.807) is 31.4 Å².